The molecule has 0 saturated carbocycles. The number of fused-ring (bicyclic) bond motifs is 6. The Morgan fingerprint density at radius 1 is 0.893 bits per heavy atom. The summed E-state index contributed by atoms with van der Waals surface area (Å²) >= 11 is 0. The summed E-state index contributed by atoms with van der Waals surface area (Å²) in [5, 5.41) is 0. The fraction of sp³-hybridized carbons (Fsp3) is 0.0435. The summed E-state index contributed by atoms with van der Waals surface area (Å²) in [5.41, 5.74) is 4.34. The van der Waals surface area contributed by atoms with Crippen LogP contribution in [-0.2, 0) is 0 Å². The number of ether oxygens (including phenoxy) is 2. The average molecular weight is 367 g/mol. The summed E-state index contributed by atoms with van der Waals surface area (Å²) < 4.78 is 12.7. The number of carbonyl (C=O) groups excluding carboxylic acids is 2. The van der Waals surface area contributed by atoms with Crippen LogP contribution in [0.2, 0.25) is 0 Å². The second-order valence-electron chi connectivity index (χ2n) is 6.83. The lowest BCUT2D eigenvalue weighted by Gasteiger charge is -2.05. The molecule has 0 amide bonds. The van der Waals surface area contributed by atoms with Crippen molar-refractivity contribution in [2.75, 3.05) is 6.79 Å². The molecular weight excluding hydrogens is 354 g/mol. The van der Waals surface area contributed by atoms with Gasteiger partial charge in [-0.25, -0.2) is 0 Å². The van der Waals surface area contributed by atoms with Crippen molar-refractivity contribution in [3.05, 3.63) is 89.1 Å². The van der Waals surface area contributed by atoms with Gasteiger partial charge in [0.25, 0.3) is 0 Å². The highest BCUT2D eigenvalue weighted by Gasteiger charge is 2.36. The maximum Gasteiger partial charge on any atom is 0.231 e. The highest BCUT2D eigenvalue weighted by Crippen LogP contribution is 2.42. The second-order valence-corrected chi connectivity index (χ2v) is 6.83. The average Bonchev–Trinajstić information content (AvgIpc) is 3.41. The smallest absolute Gasteiger partial charge is 0.231 e. The van der Waals surface area contributed by atoms with E-state index in [1.54, 1.807) is 18.2 Å². The van der Waals surface area contributed by atoms with Crippen LogP contribution in [0.3, 0.4) is 0 Å². The minimum absolute atomic E-state index is 0.113. The zero-order chi connectivity index (χ0) is 18.8. The molecule has 134 valence electrons. The first-order chi connectivity index (χ1) is 13.7. The Balaban J connectivity index is 1.63. The summed E-state index contributed by atoms with van der Waals surface area (Å²) in [6, 6.07) is 18.2. The van der Waals surface area contributed by atoms with Gasteiger partial charge >= 0.3 is 0 Å². The lowest BCUT2D eigenvalue weighted by atomic mass is 9.98. The Labute approximate surface area is 159 Å². The molecule has 1 aliphatic heterocycles. The lowest BCUT2D eigenvalue weighted by Crippen LogP contribution is -2.07. The minimum Gasteiger partial charge on any atom is -0.454 e. The van der Waals surface area contributed by atoms with Crippen LogP contribution < -0.4 is 9.47 Å². The first-order valence-electron chi connectivity index (χ1n) is 8.95. The van der Waals surface area contributed by atoms with E-state index < -0.39 is 0 Å². The Hall–Kier alpha value is -3.86. The molecule has 0 spiro atoms. The summed E-state index contributed by atoms with van der Waals surface area (Å²) in [5.74, 6) is 0.843. The number of carbonyl (C=O) groups is 2. The predicted molar refractivity (Wildman–Crippen MR) is 102 cm³/mol. The topological polar surface area (TPSA) is 57.0 Å². The van der Waals surface area contributed by atoms with Crippen molar-refractivity contribution in [3.8, 4) is 22.8 Å². The molecule has 5 nitrogen and oxygen atoms in total. The molecule has 1 aliphatic carbocycles. The molecule has 2 aromatic carbocycles. The molecule has 2 aliphatic rings. The van der Waals surface area contributed by atoms with Crippen molar-refractivity contribution < 1.29 is 19.1 Å². The number of rotatable bonds is 2. The number of hydrogen-bond acceptors (Lipinski definition) is 4. The van der Waals surface area contributed by atoms with Gasteiger partial charge in [-0.15, -0.1) is 0 Å². The second kappa shape index (κ2) is 5.33. The Bertz CT molecular complexity index is 1330. The molecule has 5 heteroatoms. The van der Waals surface area contributed by atoms with Gasteiger partial charge in [0.15, 0.2) is 23.1 Å². The Morgan fingerprint density at radius 2 is 1.68 bits per heavy atom. The van der Waals surface area contributed by atoms with Crippen LogP contribution in [0, 0.1) is 0 Å². The van der Waals surface area contributed by atoms with Crippen LogP contribution in [0.4, 0.5) is 0 Å². The molecule has 0 bridgehead atoms. The van der Waals surface area contributed by atoms with Crippen LogP contribution in [0.15, 0.2) is 66.9 Å². The number of aromatic nitrogens is 1. The van der Waals surface area contributed by atoms with Gasteiger partial charge in [0.1, 0.15) is 0 Å². The van der Waals surface area contributed by atoms with Gasteiger partial charge in [-0.05, 0) is 30.3 Å². The van der Waals surface area contributed by atoms with Crippen molar-refractivity contribution >= 4 is 17.1 Å². The number of ketones is 2. The molecule has 0 unspecified atom stereocenters. The van der Waals surface area contributed by atoms with Crippen LogP contribution in [0.1, 0.15) is 31.8 Å². The number of benzene rings is 2. The van der Waals surface area contributed by atoms with Crippen molar-refractivity contribution in [3.63, 3.8) is 0 Å². The molecule has 2 aromatic heterocycles. The van der Waals surface area contributed by atoms with E-state index >= 15 is 0 Å². The molecule has 0 radical (unpaired) electrons. The molecular formula is C23H13NO4. The van der Waals surface area contributed by atoms with Crippen molar-refractivity contribution in [1.82, 2.24) is 4.40 Å². The van der Waals surface area contributed by atoms with E-state index in [1.807, 2.05) is 53.1 Å². The number of hydrogen-bond donors (Lipinski definition) is 0. The van der Waals surface area contributed by atoms with Crippen LogP contribution >= 0.6 is 0 Å². The van der Waals surface area contributed by atoms with Gasteiger partial charge in [-0.1, -0.05) is 30.3 Å². The van der Waals surface area contributed by atoms with Crippen molar-refractivity contribution in [2.45, 2.75) is 0 Å². The highest BCUT2D eigenvalue weighted by atomic mass is 16.7. The lowest BCUT2D eigenvalue weighted by molar-refractivity contribution is 0.101. The normalized spacial score (nSPS) is 13.6. The summed E-state index contributed by atoms with van der Waals surface area (Å²) in [6.45, 7) is 0.144. The first kappa shape index (κ1) is 15.2. The van der Waals surface area contributed by atoms with E-state index in [0.717, 1.165) is 16.8 Å². The van der Waals surface area contributed by atoms with Crippen LogP contribution in [0.25, 0.3) is 16.8 Å². The summed E-state index contributed by atoms with van der Waals surface area (Å²) in [6.07, 6.45) is 1.89. The molecule has 0 atom stereocenters. The van der Waals surface area contributed by atoms with E-state index in [9.17, 15) is 9.59 Å². The maximum absolute atomic E-state index is 13.5. The largest absolute Gasteiger partial charge is 0.454 e. The van der Waals surface area contributed by atoms with E-state index in [4.69, 9.17) is 9.47 Å². The first-order valence-corrected chi connectivity index (χ1v) is 8.95. The Morgan fingerprint density at radius 3 is 2.57 bits per heavy atom. The van der Waals surface area contributed by atoms with Gasteiger partial charge in [0.2, 0.25) is 6.79 Å². The molecule has 6 rings (SSSR count). The fourth-order valence-electron chi connectivity index (χ4n) is 4.13. The standard InChI is InChI=1S/C23H13NO4/c25-22(13-8-9-17-18(11-13)28-12-27-17)19-16-7-3-4-10-24(16)21-14-5-1-2-6-15(14)23(26)20(19)21/h1-11H,12H2. The van der Waals surface area contributed by atoms with Crippen molar-refractivity contribution in [1.29, 1.82) is 0 Å². The Kier molecular flexibility index (Phi) is 2.90. The monoisotopic (exact) mass is 367 g/mol. The SMILES string of the molecule is O=C1c2ccccc2-c2c1c(C(=O)c1ccc3c(c1)OCO3)c1ccccn21. The van der Waals surface area contributed by atoms with Gasteiger partial charge < -0.3 is 13.9 Å². The quantitative estimate of drug-likeness (QED) is 0.441. The van der Waals surface area contributed by atoms with Gasteiger partial charge in [0.05, 0.1) is 22.3 Å². The molecule has 0 saturated heterocycles. The maximum atomic E-state index is 13.5. The zero-order valence-corrected chi connectivity index (χ0v) is 14.6. The fourth-order valence-corrected chi connectivity index (χ4v) is 4.13. The predicted octanol–water partition coefficient (Wildman–Crippen LogP) is 4.11. The molecule has 28 heavy (non-hydrogen) atoms. The molecule has 0 fully saturated rings. The third-order valence-electron chi connectivity index (χ3n) is 5.36. The van der Waals surface area contributed by atoms with E-state index in [1.165, 1.54) is 0 Å². The van der Waals surface area contributed by atoms with Gasteiger partial charge in [-0.2, -0.15) is 0 Å². The molecule has 3 heterocycles. The summed E-state index contributed by atoms with van der Waals surface area (Å²) in [7, 11) is 0. The van der Waals surface area contributed by atoms with E-state index in [-0.39, 0.29) is 18.4 Å². The minimum atomic E-state index is -0.204. The van der Waals surface area contributed by atoms with Crippen molar-refractivity contribution in [2.24, 2.45) is 0 Å². The van der Waals surface area contributed by atoms with Gasteiger partial charge in [0, 0.05) is 22.9 Å². The third-order valence-corrected chi connectivity index (χ3v) is 5.36. The van der Waals surface area contributed by atoms with E-state index in [2.05, 4.69) is 0 Å². The highest BCUT2D eigenvalue weighted by molar-refractivity contribution is 6.30. The third kappa shape index (κ3) is 1.85. The van der Waals surface area contributed by atoms with Gasteiger partial charge in [-0.3, -0.25) is 9.59 Å². The molecule has 4 aromatic rings. The summed E-state index contributed by atoms with van der Waals surface area (Å²) in [4.78, 5) is 26.7. The van der Waals surface area contributed by atoms with Crippen LogP contribution in [0.5, 0.6) is 11.5 Å². The van der Waals surface area contributed by atoms with Crippen LogP contribution in [-0.4, -0.2) is 22.8 Å². The molecule has 0 N–H and O–H groups in total. The number of nitrogens with zero attached hydrogens (tertiary/aromatic N) is 1. The number of pyridine rings is 1. The van der Waals surface area contributed by atoms with E-state index in [0.29, 0.717) is 33.8 Å². The zero-order valence-electron chi connectivity index (χ0n) is 14.6.